The molecule has 7 nitrogen and oxygen atoms in total. The molecule has 4 unspecified atom stereocenters. The highest BCUT2D eigenvalue weighted by Crippen LogP contribution is 2.40. The highest BCUT2D eigenvalue weighted by molar-refractivity contribution is 7.80. The summed E-state index contributed by atoms with van der Waals surface area (Å²) in [7, 11) is 0. The molecular weight excluding hydrogens is 450 g/mol. The predicted octanol–water partition coefficient (Wildman–Crippen LogP) is 4.27. The van der Waals surface area contributed by atoms with Gasteiger partial charge in [0.1, 0.15) is 17.7 Å². The van der Waals surface area contributed by atoms with Crippen LogP contribution in [0, 0.1) is 5.92 Å². The number of hydrogen-bond acceptors (Lipinski definition) is 5. The van der Waals surface area contributed by atoms with Crippen LogP contribution in [0.1, 0.15) is 78.0 Å². The first-order chi connectivity index (χ1) is 16.0. The van der Waals surface area contributed by atoms with Gasteiger partial charge in [0, 0.05) is 18.3 Å². The maximum atomic E-state index is 13.8. The Bertz CT molecular complexity index is 837. The van der Waals surface area contributed by atoms with E-state index in [0.717, 1.165) is 36.8 Å². The summed E-state index contributed by atoms with van der Waals surface area (Å²) in [4.78, 5) is 41.3. The number of aryl methyl sites for hydroxylation is 1. The van der Waals surface area contributed by atoms with E-state index in [2.05, 4.69) is 44.0 Å². The molecule has 0 aliphatic heterocycles. The Kier molecular flexibility index (Phi) is 10.3. The number of nitrogens with zero attached hydrogens (tertiary/aromatic N) is 1. The SMILES string of the molecule is CCCCNC(=O)C(c1ccc(CC)cc1)N(C(=O)C(CS)NC(=O)OC(C)(C)C)C1CC1C. The molecule has 0 saturated heterocycles. The van der Waals surface area contributed by atoms with E-state index in [1.54, 1.807) is 25.7 Å². The third kappa shape index (κ3) is 7.93. The molecule has 4 atom stereocenters. The van der Waals surface area contributed by atoms with E-state index in [9.17, 15) is 14.4 Å². The minimum atomic E-state index is -0.910. The van der Waals surface area contributed by atoms with Crippen molar-refractivity contribution in [3.63, 3.8) is 0 Å². The Morgan fingerprint density at radius 3 is 2.26 bits per heavy atom. The molecule has 0 aromatic heterocycles. The number of carbonyl (C=O) groups is 3. The van der Waals surface area contributed by atoms with Gasteiger partial charge in [-0.3, -0.25) is 9.59 Å². The Balaban J connectivity index is 2.38. The van der Waals surface area contributed by atoms with Crippen molar-refractivity contribution in [1.82, 2.24) is 15.5 Å². The molecule has 8 heteroatoms. The zero-order valence-electron chi connectivity index (χ0n) is 21.4. The van der Waals surface area contributed by atoms with Crippen molar-refractivity contribution in [2.45, 2.75) is 91.0 Å². The number of benzene rings is 1. The van der Waals surface area contributed by atoms with Crippen LogP contribution in [0.2, 0.25) is 0 Å². The zero-order valence-corrected chi connectivity index (χ0v) is 22.3. The summed E-state index contributed by atoms with van der Waals surface area (Å²) in [5, 5.41) is 5.66. The molecule has 1 aliphatic carbocycles. The molecule has 0 bridgehead atoms. The molecule has 1 aromatic rings. The van der Waals surface area contributed by atoms with Crippen molar-refractivity contribution in [2.75, 3.05) is 12.3 Å². The van der Waals surface area contributed by atoms with Crippen LogP contribution in [0.25, 0.3) is 0 Å². The Hall–Kier alpha value is -2.22. The molecule has 0 spiro atoms. The first kappa shape index (κ1) is 28.0. The van der Waals surface area contributed by atoms with Crippen molar-refractivity contribution in [1.29, 1.82) is 0 Å². The summed E-state index contributed by atoms with van der Waals surface area (Å²) in [5.41, 5.74) is 1.22. The van der Waals surface area contributed by atoms with E-state index >= 15 is 0 Å². The van der Waals surface area contributed by atoms with Gasteiger partial charge in [-0.05, 0) is 57.1 Å². The van der Waals surface area contributed by atoms with E-state index < -0.39 is 23.8 Å². The van der Waals surface area contributed by atoms with E-state index in [1.165, 1.54) is 0 Å². The largest absolute Gasteiger partial charge is 0.444 e. The van der Waals surface area contributed by atoms with Gasteiger partial charge in [-0.15, -0.1) is 0 Å². The molecule has 0 heterocycles. The zero-order chi connectivity index (χ0) is 25.5. The fraction of sp³-hybridized carbons (Fsp3) is 0.654. The minimum absolute atomic E-state index is 0.0805. The Morgan fingerprint density at radius 2 is 1.79 bits per heavy atom. The van der Waals surface area contributed by atoms with Crippen LogP contribution in [0.15, 0.2) is 24.3 Å². The first-order valence-electron chi connectivity index (χ1n) is 12.3. The molecule has 2 rings (SSSR count). The third-order valence-electron chi connectivity index (χ3n) is 5.91. The lowest BCUT2D eigenvalue weighted by molar-refractivity contribution is -0.143. The molecule has 1 fully saturated rings. The number of nitrogens with one attached hydrogen (secondary N) is 2. The second-order valence-electron chi connectivity index (χ2n) is 10.0. The molecule has 34 heavy (non-hydrogen) atoms. The van der Waals surface area contributed by atoms with Crippen molar-refractivity contribution in [3.05, 3.63) is 35.4 Å². The van der Waals surface area contributed by atoms with Crippen LogP contribution < -0.4 is 10.6 Å². The van der Waals surface area contributed by atoms with Crippen molar-refractivity contribution in [2.24, 2.45) is 5.92 Å². The van der Waals surface area contributed by atoms with E-state index in [1.807, 2.05) is 24.3 Å². The fourth-order valence-corrected chi connectivity index (χ4v) is 4.09. The summed E-state index contributed by atoms with van der Waals surface area (Å²) in [5.74, 6) is -0.174. The van der Waals surface area contributed by atoms with Gasteiger partial charge in [0.05, 0.1) is 0 Å². The highest BCUT2D eigenvalue weighted by Gasteiger charge is 2.48. The van der Waals surface area contributed by atoms with Crippen LogP contribution in [-0.4, -0.2) is 52.8 Å². The van der Waals surface area contributed by atoms with Crippen molar-refractivity contribution in [3.8, 4) is 0 Å². The van der Waals surface area contributed by atoms with Crippen molar-refractivity contribution < 1.29 is 19.1 Å². The van der Waals surface area contributed by atoms with Crippen LogP contribution in [0.5, 0.6) is 0 Å². The number of hydrogen-bond donors (Lipinski definition) is 3. The van der Waals surface area contributed by atoms with Gasteiger partial charge in [0.25, 0.3) is 0 Å². The second-order valence-corrected chi connectivity index (χ2v) is 10.4. The molecule has 1 aliphatic rings. The Morgan fingerprint density at radius 1 is 1.18 bits per heavy atom. The fourth-order valence-electron chi connectivity index (χ4n) is 3.85. The van der Waals surface area contributed by atoms with Gasteiger partial charge >= 0.3 is 6.09 Å². The summed E-state index contributed by atoms with van der Waals surface area (Å²) in [6, 6.07) is 6.06. The topological polar surface area (TPSA) is 87.7 Å². The first-order valence-corrected chi connectivity index (χ1v) is 12.9. The molecule has 2 N–H and O–H groups in total. The summed E-state index contributed by atoms with van der Waals surface area (Å²) < 4.78 is 5.35. The maximum absolute atomic E-state index is 13.8. The van der Waals surface area contributed by atoms with E-state index in [4.69, 9.17) is 4.74 Å². The number of rotatable bonds is 11. The standard InChI is InChI=1S/C26H41N3O4S/c1-7-9-14-27-23(30)22(19-12-10-18(8-2)11-13-19)29(21-15-17(21)3)24(31)20(16-34)28-25(32)33-26(4,5)6/h10-13,17,20-22,34H,7-9,14-16H2,1-6H3,(H,27,30)(H,28,32). The lowest BCUT2D eigenvalue weighted by atomic mass is 10.00. The average molecular weight is 492 g/mol. The number of ether oxygens (including phenoxy) is 1. The third-order valence-corrected chi connectivity index (χ3v) is 6.28. The Labute approximate surface area is 209 Å². The predicted molar refractivity (Wildman–Crippen MR) is 138 cm³/mol. The molecule has 1 aromatic carbocycles. The van der Waals surface area contributed by atoms with E-state index in [-0.39, 0.29) is 29.5 Å². The molecule has 3 amide bonds. The van der Waals surface area contributed by atoms with Gasteiger partial charge < -0.3 is 20.3 Å². The molecule has 190 valence electrons. The van der Waals surface area contributed by atoms with Gasteiger partial charge in [0.15, 0.2) is 0 Å². The van der Waals surface area contributed by atoms with E-state index in [0.29, 0.717) is 6.54 Å². The molecule has 1 saturated carbocycles. The average Bonchev–Trinajstić information content (AvgIpc) is 3.50. The lowest BCUT2D eigenvalue weighted by Gasteiger charge is -2.34. The summed E-state index contributed by atoms with van der Waals surface area (Å²) in [6.07, 6.45) is 2.83. The van der Waals surface area contributed by atoms with Crippen LogP contribution >= 0.6 is 12.6 Å². The maximum Gasteiger partial charge on any atom is 0.408 e. The number of carbonyl (C=O) groups excluding carboxylic acids is 3. The number of thiol groups is 1. The minimum Gasteiger partial charge on any atom is -0.444 e. The van der Waals surface area contributed by atoms with Crippen LogP contribution in [0.4, 0.5) is 4.79 Å². The van der Waals surface area contributed by atoms with Gasteiger partial charge in [-0.25, -0.2) is 4.79 Å². The summed E-state index contributed by atoms with van der Waals surface area (Å²) in [6.45, 7) is 12.0. The monoisotopic (exact) mass is 491 g/mol. The number of unbranched alkanes of at least 4 members (excludes halogenated alkanes) is 1. The van der Waals surface area contributed by atoms with Gasteiger partial charge in [0.2, 0.25) is 11.8 Å². The highest BCUT2D eigenvalue weighted by atomic mass is 32.1. The lowest BCUT2D eigenvalue weighted by Crippen LogP contribution is -2.54. The van der Waals surface area contributed by atoms with Crippen LogP contribution in [0.3, 0.4) is 0 Å². The molecular formula is C26H41N3O4S. The van der Waals surface area contributed by atoms with Gasteiger partial charge in [-0.2, -0.15) is 12.6 Å². The smallest absolute Gasteiger partial charge is 0.408 e. The van der Waals surface area contributed by atoms with Crippen LogP contribution in [-0.2, 0) is 20.7 Å². The quantitative estimate of drug-likeness (QED) is 0.319. The molecule has 0 radical (unpaired) electrons. The van der Waals surface area contributed by atoms with Gasteiger partial charge in [-0.1, -0.05) is 51.5 Å². The summed E-state index contributed by atoms with van der Waals surface area (Å²) >= 11 is 4.33. The second kappa shape index (κ2) is 12.5. The number of amides is 3. The number of alkyl carbamates (subject to hydrolysis) is 1. The van der Waals surface area contributed by atoms with Crippen molar-refractivity contribution >= 4 is 30.5 Å². The normalized spacial score (nSPS) is 19.0.